The summed E-state index contributed by atoms with van der Waals surface area (Å²) in [5, 5.41) is 11.7. The van der Waals surface area contributed by atoms with Crippen molar-refractivity contribution in [2.45, 2.75) is 20.1 Å². The van der Waals surface area contributed by atoms with E-state index in [9.17, 15) is 0 Å². The van der Waals surface area contributed by atoms with Crippen LogP contribution in [0.5, 0.6) is 11.5 Å². The molecule has 0 aliphatic rings. The normalized spacial score (nSPS) is 10.6. The van der Waals surface area contributed by atoms with Gasteiger partial charge in [-0.05, 0) is 36.8 Å². The van der Waals surface area contributed by atoms with Crippen molar-refractivity contribution in [2.24, 2.45) is 0 Å². The zero-order valence-electron chi connectivity index (χ0n) is 13.3. The van der Waals surface area contributed by atoms with Crippen LogP contribution in [0.2, 0.25) is 5.02 Å². The average Bonchev–Trinajstić information content (AvgIpc) is 2.56. The van der Waals surface area contributed by atoms with E-state index in [2.05, 4.69) is 0 Å². The molecule has 2 aromatic carbocycles. The highest BCUT2D eigenvalue weighted by molar-refractivity contribution is 6.30. The van der Waals surface area contributed by atoms with Gasteiger partial charge in [0.2, 0.25) is 0 Å². The van der Waals surface area contributed by atoms with E-state index in [-0.39, 0.29) is 6.61 Å². The Balaban J connectivity index is 2.13. The first kappa shape index (κ1) is 17.6. The van der Waals surface area contributed by atoms with Crippen LogP contribution in [0.15, 0.2) is 42.5 Å². The number of hydrogen-bond acceptors (Lipinski definition) is 3. The van der Waals surface area contributed by atoms with E-state index in [0.717, 1.165) is 29.2 Å². The summed E-state index contributed by atoms with van der Waals surface area (Å²) in [5.74, 6) is 1.51. The maximum Gasteiger partial charge on any atom is 0.170 e. The molecule has 4 nitrogen and oxygen atoms in total. The summed E-state index contributed by atoms with van der Waals surface area (Å²) in [6, 6.07) is 13.5. The highest BCUT2D eigenvalue weighted by Gasteiger charge is 2.12. The fourth-order valence-corrected chi connectivity index (χ4v) is 2.37. The van der Waals surface area contributed by atoms with Crippen molar-refractivity contribution in [3.8, 4) is 11.5 Å². The fraction of sp³-hybridized carbons (Fsp3) is 0.333. The molecule has 0 aliphatic heterocycles. The highest BCUT2D eigenvalue weighted by Crippen LogP contribution is 2.31. The third-order valence-corrected chi connectivity index (χ3v) is 3.61. The summed E-state index contributed by atoms with van der Waals surface area (Å²) in [5.41, 5.74) is 2.10. The van der Waals surface area contributed by atoms with Crippen molar-refractivity contribution in [3.63, 3.8) is 0 Å². The first-order valence-electron chi connectivity index (χ1n) is 7.79. The number of ether oxygens (including phenoxy) is 2. The molecule has 2 rings (SSSR count). The summed E-state index contributed by atoms with van der Waals surface area (Å²) >= 11 is 5.91. The van der Waals surface area contributed by atoms with Crippen LogP contribution in [0.4, 0.5) is 0 Å². The quantitative estimate of drug-likeness (QED) is 0.691. The Morgan fingerprint density at radius 2 is 1.87 bits per heavy atom. The van der Waals surface area contributed by atoms with Crippen LogP contribution in [-0.4, -0.2) is 24.9 Å². The molecule has 0 radical (unpaired) electrons. The number of rotatable bonds is 9. The molecule has 0 bridgehead atoms. The minimum absolute atomic E-state index is 0.159. The summed E-state index contributed by atoms with van der Waals surface area (Å²) in [6.07, 6.45) is 0. The van der Waals surface area contributed by atoms with E-state index < -0.39 is 0 Å². The van der Waals surface area contributed by atoms with Gasteiger partial charge in [-0.25, -0.2) is 0 Å². The van der Waals surface area contributed by atoms with Crippen LogP contribution >= 0.6 is 11.6 Å². The zero-order chi connectivity index (χ0) is 16.5. The van der Waals surface area contributed by atoms with Crippen molar-refractivity contribution in [1.82, 2.24) is 0 Å². The molecule has 3 N–H and O–H groups in total. The lowest BCUT2D eigenvalue weighted by Crippen LogP contribution is -2.83. The summed E-state index contributed by atoms with van der Waals surface area (Å²) in [7, 11) is 0. The maximum absolute atomic E-state index is 8.93. The van der Waals surface area contributed by atoms with E-state index in [0.29, 0.717) is 24.8 Å². The molecule has 0 heterocycles. The molecule has 0 unspecified atom stereocenters. The number of benzene rings is 2. The van der Waals surface area contributed by atoms with E-state index in [4.69, 9.17) is 26.2 Å². The Hall–Kier alpha value is -1.75. The highest BCUT2D eigenvalue weighted by atomic mass is 35.5. The van der Waals surface area contributed by atoms with Gasteiger partial charge in [-0.2, -0.15) is 0 Å². The van der Waals surface area contributed by atoms with E-state index in [1.165, 1.54) is 0 Å². The third kappa shape index (κ3) is 5.43. The largest absolute Gasteiger partial charge is 0.490 e. The first-order valence-corrected chi connectivity index (χ1v) is 8.16. The minimum atomic E-state index is 0.159. The van der Waals surface area contributed by atoms with Crippen LogP contribution in [0.25, 0.3) is 0 Å². The van der Waals surface area contributed by atoms with Crippen LogP contribution < -0.4 is 14.8 Å². The summed E-state index contributed by atoms with van der Waals surface area (Å²) in [6.45, 7) is 4.54. The van der Waals surface area contributed by atoms with Crippen LogP contribution in [0.1, 0.15) is 18.1 Å². The molecule has 124 valence electrons. The van der Waals surface area contributed by atoms with Crippen LogP contribution in [0.3, 0.4) is 0 Å². The van der Waals surface area contributed by atoms with Crippen molar-refractivity contribution < 1.29 is 19.9 Å². The van der Waals surface area contributed by atoms with Crippen molar-refractivity contribution in [1.29, 1.82) is 0 Å². The van der Waals surface area contributed by atoms with Crippen molar-refractivity contribution in [3.05, 3.63) is 58.6 Å². The molecular weight excluding hydrogens is 314 g/mol. The third-order valence-electron chi connectivity index (χ3n) is 3.35. The molecule has 23 heavy (non-hydrogen) atoms. The summed E-state index contributed by atoms with van der Waals surface area (Å²) in [4.78, 5) is 0. The van der Waals surface area contributed by atoms with E-state index >= 15 is 0 Å². The smallest absolute Gasteiger partial charge is 0.170 e. The lowest BCUT2D eigenvalue weighted by atomic mass is 10.1. The molecule has 0 aliphatic carbocycles. The van der Waals surface area contributed by atoms with Gasteiger partial charge in [0.25, 0.3) is 0 Å². The monoisotopic (exact) mass is 336 g/mol. The second-order valence-electron chi connectivity index (χ2n) is 5.10. The standard InChI is InChI=1S/C18H22ClNO3/c1-2-22-17-5-3-4-15(12-20-10-11-21)18(17)23-13-14-6-8-16(19)9-7-14/h3-9,20-21H,2,10-13H2,1H3/p+1. The van der Waals surface area contributed by atoms with Gasteiger partial charge in [-0.3, -0.25) is 0 Å². The SMILES string of the molecule is CCOc1cccc(C[NH2+]CCO)c1OCc1ccc(Cl)cc1. The topological polar surface area (TPSA) is 55.3 Å². The molecule has 0 aromatic heterocycles. The molecule has 0 atom stereocenters. The van der Waals surface area contributed by atoms with Gasteiger partial charge in [0.15, 0.2) is 11.5 Å². The number of aliphatic hydroxyl groups excluding tert-OH is 1. The Labute approximate surface area is 142 Å². The van der Waals surface area contributed by atoms with Gasteiger partial charge in [-0.15, -0.1) is 0 Å². The predicted octanol–water partition coefficient (Wildman–Crippen LogP) is 2.37. The second kappa shape index (κ2) is 9.40. The van der Waals surface area contributed by atoms with Gasteiger partial charge in [-0.1, -0.05) is 29.8 Å². The summed E-state index contributed by atoms with van der Waals surface area (Å²) < 4.78 is 11.7. The first-order chi connectivity index (χ1) is 11.2. The molecule has 5 heteroatoms. The molecule has 0 fully saturated rings. The van der Waals surface area contributed by atoms with E-state index in [1.807, 2.05) is 54.7 Å². The van der Waals surface area contributed by atoms with Gasteiger partial charge in [0, 0.05) is 5.02 Å². The van der Waals surface area contributed by atoms with Crippen molar-refractivity contribution >= 4 is 11.6 Å². The number of quaternary nitrogens is 1. The number of nitrogens with two attached hydrogens (primary N) is 1. The maximum atomic E-state index is 8.93. The number of para-hydroxylation sites is 1. The number of hydrogen-bond donors (Lipinski definition) is 2. The molecule has 0 saturated heterocycles. The Morgan fingerprint density at radius 3 is 2.57 bits per heavy atom. The zero-order valence-corrected chi connectivity index (χ0v) is 14.1. The van der Waals surface area contributed by atoms with Gasteiger partial charge >= 0.3 is 0 Å². The van der Waals surface area contributed by atoms with Gasteiger partial charge in [0.1, 0.15) is 13.2 Å². The molecule has 0 spiro atoms. The fourth-order valence-electron chi connectivity index (χ4n) is 2.24. The molecular formula is C18H23ClNO3+. The number of halogens is 1. The molecule has 2 aromatic rings. The van der Waals surface area contributed by atoms with Crippen LogP contribution in [0, 0.1) is 0 Å². The predicted molar refractivity (Wildman–Crippen MR) is 91.0 cm³/mol. The van der Waals surface area contributed by atoms with Gasteiger partial charge < -0.3 is 19.9 Å². The molecule has 0 amide bonds. The van der Waals surface area contributed by atoms with Crippen molar-refractivity contribution in [2.75, 3.05) is 19.8 Å². The minimum Gasteiger partial charge on any atom is -0.490 e. The second-order valence-corrected chi connectivity index (χ2v) is 5.53. The van der Waals surface area contributed by atoms with Gasteiger partial charge in [0.05, 0.1) is 25.3 Å². The average molecular weight is 337 g/mol. The Morgan fingerprint density at radius 1 is 1.09 bits per heavy atom. The lowest BCUT2D eigenvalue weighted by Gasteiger charge is -2.15. The molecule has 0 saturated carbocycles. The van der Waals surface area contributed by atoms with E-state index in [1.54, 1.807) is 0 Å². The number of aliphatic hydroxyl groups is 1. The van der Waals surface area contributed by atoms with Crippen LogP contribution in [-0.2, 0) is 13.2 Å². The Bertz CT molecular complexity index is 602. The lowest BCUT2D eigenvalue weighted by molar-refractivity contribution is -0.671. The Kier molecular flexibility index (Phi) is 7.20.